The van der Waals surface area contributed by atoms with Crippen LogP contribution in [-0.4, -0.2) is 28.4 Å². The Bertz CT molecular complexity index is 631. The molecule has 0 fully saturated rings. The van der Waals surface area contributed by atoms with Crippen molar-refractivity contribution in [3.8, 4) is 5.75 Å². The van der Waals surface area contributed by atoms with Gasteiger partial charge in [0.15, 0.2) is 6.61 Å². The van der Waals surface area contributed by atoms with Crippen LogP contribution in [0, 0.1) is 6.92 Å². The van der Waals surface area contributed by atoms with Crippen LogP contribution in [0.25, 0.3) is 0 Å². The topological polar surface area (TPSA) is 93.2 Å². The molecule has 1 heterocycles. The van der Waals surface area contributed by atoms with E-state index in [0.717, 1.165) is 5.56 Å². The first-order valence-corrected chi connectivity index (χ1v) is 6.20. The van der Waals surface area contributed by atoms with Gasteiger partial charge in [0.1, 0.15) is 11.4 Å². The number of aryl methyl sites for hydroxylation is 1. The summed E-state index contributed by atoms with van der Waals surface area (Å²) < 4.78 is 5.30. The Kier molecular flexibility index (Phi) is 4.81. The van der Waals surface area contributed by atoms with Crippen LogP contribution in [0.2, 0.25) is 0 Å². The lowest BCUT2D eigenvalue weighted by molar-refractivity contribution is -0.123. The lowest BCUT2D eigenvalue weighted by Gasteiger charge is -2.08. The third-order valence-corrected chi connectivity index (χ3v) is 2.47. The minimum Gasteiger partial charge on any atom is -0.484 e. The van der Waals surface area contributed by atoms with Crippen molar-refractivity contribution in [1.29, 1.82) is 0 Å². The molecule has 1 aromatic heterocycles. The maximum Gasteiger partial charge on any atom is 0.289 e. The van der Waals surface area contributed by atoms with Gasteiger partial charge in [-0.1, -0.05) is 12.1 Å². The summed E-state index contributed by atoms with van der Waals surface area (Å²) in [5.74, 6) is -0.439. The van der Waals surface area contributed by atoms with E-state index in [1.807, 2.05) is 25.1 Å². The highest BCUT2D eigenvalue weighted by Crippen LogP contribution is 2.11. The predicted molar refractivity (Wildman–Crippen MR) is 74.3 cm³/mol. The average Bonchev–Trinajstić information content (AvgIpc) is 2.51. The molecule has 0 unspecified atom stereocenters. The molecule has 0 saturated carbocycles. The Morgan fingerprint density at radius 3 is 2.81 bits per heavy atom. The second kappa shape index (κ2) is 6.99. The van der Waals surface area contributed by atoms with Crippen LogP contribution >= 0.6 is 0 Å². The van der Waals surface area contributed by atoms with Gasteiger partial charge in [-0.15, -0.1) is 0 Å². The van der Waals surface area contributed by atoms with Crippen molar-refractivity contribution < 1.29 is 14.3 Å². The van der Waals surface area contributed by atoms with Crippen molar-refractivity contribution in [2.24, 2.45) is 0 Å². The number of amides is 2. The molecule has 21 heavy (non-hydrogen) atoms. The minimum absolute atomic E-state index is 0.109. The predicted octanol–water partition coefficient (Wildman–Crippen LogP) is 0.625. The van der Waals surface area contributed by atoms with Crippen molar-refractivity contribution in [2.45, 2.75) is 6.92 Å². The number of ether oxygens (including phenoxy) is 1. The molecule has 0 aliphatic rings. The van der Waals surface area contributed by atoms with Gasteiger partial charge in [-0.3, -0.25) is 25.4 Å². The monoisotopic (exact) mass is 286 g/mol. The average molecular weight is 286 g/mol. The molecule has 0 radical (unpaired) electrons. The van der Waals surface area contributed by atoms with Crippen molar-refractivity contribution >= 4 is 11.8 Å². The molecule has 2 amide bonds. The molecule has 0 spiro atoms. The molecule has 2 rings (SSSR count). The number of hydrogen-bond acceptors (Lipinski definition) is 5. The van der Waals surface area contributed by atoms with E-state index in [2.05, 4.69) is 20.8 Å². The highest BCUT2D eigenvalue weighted by Gasteiger charge is 2.08. The van der Waals surface area contributed by atoms with Crippen LogP contribution in [0.4, 0.5) is 0 Å². The second-order valence-electron chi connectivity index (χ2n) is 4.20. The number of benzene rings is 1. The van der Waals surface area contributed by atoms with Gasteiger partial charge in [0, 0.05) is 12.4 Å². The zero-order chi connectivity index (χ0) is 15.1. The Hall–Kier alpha value is -2.96. The fourth-order valence-corrected chi connectivity index (χ4v) is 1.50. The Morgan fingerprint density at radius 2 is 2.10 bits per heavy atom. The normalized spacial score (nSPS) is 9.76. The third-order valence-electron chi connectivity index (χ3n) is 2.47. The van der Waals surface area contributed by atoms with E-state index in [4.69, 9.17) is 4.74 Å². The minimum atomic E-state index is -0.549. The summed E-state index contributed by atoms with van der Waals surface area (Å²) in [6, 6.07) is 7.32. The second-order valence-corrected chi connectivity index (χ2v) is 4.20. The first kappa shape index (κ1) is 14.4. The first-order chi connectivity index (χ1) is 10.1. The van der Waals surface area contributed by atoms with Crippen LogP contribution in [0.5, 0.6) is 5.75 Å². The van der Waals surface area contributed by atoms with Crippen molar-refractivity contribution in [2.75, 3.05) is 6.61 Å². The van der Waals surface area contributed by atoms with E-state index >= 15 is 0 Å². The number of hydrazine groups is 1. The highest BCUT2D eigenvalue weighted by molar-refractivity contribution is 5.93. The number of carbonyl (C=O) groups excluding carboxylic acids is 2. The molecular weight excluding hydrogens is 272 g/mol. The van der Waals surface area contributed by atoms with Crippen LogP contribution < -0.4 is 15.6 Å². The Morgan fingerprint density at radius 1 is 1.24 bits per heavy atom. The molecule has 2 aromatic rings. The number of hydrogen-bond donors (Lipinski definition) is 2. The van der Waals surface area contributed by atoms with E-state index in [0.29, 0.717) is 5.75 Å². The number of nitrogens with zero attached hydrogens (tertiary/aromatic N) is 2. The maximum absolute atomic E-state index is 11.6. The molecule has 1 aromatic carbocycles. The number of rotatable bonds is 4. The highest BCUT2D eigenvalue weighted by atomic mass is 16.5. The summed E-state index contributed by atoms with van der Waals surface area (Å²) in [7, 11) is 0. The van der Waals surface area contributed by atoms with Gasteiger partial charge < -0.3 is 4.74 Å². The zero-order valence-corrected chi connectivity index (χ0v) is 11.4. The Labute approximate surface area is 121 Å². The van der Waals surface area contributed by atoms with E-state index < -0.39 is 11.8 Å². The third kappa shape index (κ3) is 4.57. The lowest BCUT2D eigenvalue weighted by Crippen LogP contribution is -2.44. The molecular formula is C14H14N4O3. The van der Waals surface area contributed by atoms with Gasteiger partial charge in [-0.2, -0.15) is 0 Å². The van der Waals surface area contributed by atoms with Gasteiger partial charge >= 0.3 is 0 Å². The number of carbonyl (C=O) groups is 2. The first-order valence-electron chi connectivity index (χ1n) is 6.20. The van der Waals surface area contributed by atoms with Gasteiger partial charge in [0.25, 0.3) is 11.8 Å². The van der Waals surface area contributed by atoms with Crippen molar-refractivity contribution in [3.63, 3.8) is 0 Å². The molecule has 0 atom stereocenters. The molecule has 7 nitrogen and oxygen atoms in total. The smallest absolute Gasteiger partial charge is 0.289 e. The largest absolute Gasteiger partial charge is 0.484 e. The fourth-order valence-electron chi connectivity index (χ4n) is 1.50. The Balaban J connectivity index is 1.76. The number of nitrogens with one attached hydrogen (secondary N) is 2. The molecule has 0 aliphatic heterocycles. The van der Waals surface area contributed by atoms with Crippen molar-refractivity contribution in [3.05, 3.63) is 54.1 Å². The quantitative estimate of drug-likeness (QED) is 0.804. The lowest BCUT2D eigenvalue weighted by atomic mass is 10.2. The van der Waals surface area contributed by atoms with E-state index in [1.165, 1.54) is 18.6 Å². The van der Waals surface area contributed by atoms with E-state index in [9.17, 15) is 9.59 Å². The summed E-state index contributed by atoms with van der Waals surface area (Å²) in [4.78, 5) is 30.7. The summed E-state index contributed by atoms with van der Waals surface area (Å²) in [6.07, 6.45) is 4.13. The van der Waals surface area contributed by atoms with E-state index in [-0.39, 0.29) is 12.3 Å². The molecule has 108 valence electrons. The molecule has 0 aliphatic carbocycles. The zero-order valence-electron chi connectivity index (χ0n) is 11.4. The summed E-state index contributed by atoms with van der Waals surface area (Å²) in [5, 5.41) is 0. The summed E-state index contributed by atoms with van der Waals surface area (Å²) in [6.45, 7) is 1.72. The maximum atomic E-state index is 11.6. The SMILES string of the molecule is Cc1cccc(OCC(=O)NNC(=O)c2cnccn2)c1. The molecule has 0 saturated heterocycles. The van der Waals surface area contributed by atoms with Crippen LogP contribution in [0.3, 0.4) is 0 Å². The van der Waals surface area contributed by atoms with Gasteiger partial charge in [0.2, 0.25) is 0 Å². The van der Waals surface area contributed by atoms with Crippen LogP contribution in [0.1, 0.15) is 16.1 Å². The number of aromatic nitrogens is 2. The van der Waals surface area contributed by atoms with E-state index in [1.54, 1.807) is 6.07 Å². The van der Waals surface area contributed by atoms with Crippen molar-refractivity contribution in [1.82, 2.24) is 20.8 Å². The molecule has 7 heteroatoms. The van der Waals surface area contributed by atoms with Gasteiger partial charge in [-0.25, -0.2) is 4.98 Å². The van der Waals surface area contributed by atoms with Gasteiger partial charge in [-0.05, 0) is 24.6 Å². The van der Waals surface area contributed by atoms with Crippen LogP contribution in [0.15, 0.2) is 42.9 Å². The summed E-state index contributed by atoms with van der Waals surface area (Å²) >= 11 is 0. The standard InChI is InChI=1S/C14H14N4O3/c1-10-3-2-4-11(7-10)21-9-13(19)17-18-14(20)12-8-15-5-6-16-12/h2-8H,9H2,1H3,(H,17,19)(H,18,20). The summed E-state index contributed by atoms with van der Waals surface area (Å²) in [5.41, 5.74) is 5.60. The fraction of sp³-hybridized carbons (Fsp3) is 0.143. The molecule has 0 bridgehead atoms. The molecule has 2 N–H and O–H groups in total. The van der Waals surface area contributed by atoms with Gasteiger partial charge in [0.05, 0.1) is 6.20 Å². The van der Waals surface area contributed by atoms with Crippen LogP contribution in [-0.2, 0) is 4.79 Å².